The Bertz CT molecular complexity index is 979. The largest absolute Gasteiger partial charge is 0.325 e. The molecule has 1 aromatic carbocycles. The Morgan fingerprint density at radius 1 is 1.36 bits per heavy atom. The van der Waals surface area contributed by atoms with Crippen LogP contribution >= 0.6 is 39.0 Å². The molecule has 3 aromatic rings. The molecule has 28 heavy (non-hydrogen) atoms. The van der Waals surface area contributed by atoms with Crippen LogP contribution in [0.2, 0.25) is 0 Å². The Hall–Kier alpha value is -1.90. The first-order valence-corrected chi connectivity index (χ1v) is 11.5. The van der Waals surface area contributed by atoms with Crippen LogP contribution in [0.4, 0.5) is 5.69 Å². The van der Waals surface area contributed by atoms with Gasteiger partial charge in [-0.2, -0.15) is 0 Å². The number of carbonyl (C=O) groups excluding carboxylic acids is 1. The van der Waals surface area contributed by atoms with Gasteiger partial charge in [0.1, 0.15) is 0 Å². The number of rotatable bonds is 8. The lowest BCUT2D eigenvalue weighted by Crippen LogP contribution is -2.14. The molecule has 5 nitrogen and oxygen atoms in total. The van der Waals surface area contributed by atoms with Crippen molar-refractivity contribution in [3.63, 3.8) is 0 Å². The highest BCUT2D eigenvalue weighted by Gasteiger charge is 2.19. The topological polar surface area (TPSA) is 59.8 Å². The summed E-state index contributed by atoms with van der Waals surface area (Å²) < 4.78 is 2.99. The number of hydrogen-bond acceptors (Lipinski definition) is 5. The van der Waals surface area contributed by atoms with Crippen molar-refractivity contribution in [3.05, 3.63) is 57.2 Å². The molecule has 3 rings (SSSR count). The number of amides is 1. The maximum atomic E-state index is 12.3. The van der Waals surface area contributed by atoms with Gasteiger partial charge in [0.25, 0.3) is 0 Å². The zero-order valence-electron chi connectivity index (χ0n) is 15.7. The molecule has 0 bridgehead atoms. The molecule has 2 heterocycles. The van der Waals surface area contributed by atoms with Crippen LogP contribution in [0.1, 0.15) is 17.4 Å². The summed E-state index contributed by atoms with van der Waals surface area (Å²) >= 11 is 6.49. The van der Waals surface area contributed by atoms with Gasteiger partial charge in [0.2, 0.25) is 5.91 Å². The van der Waals surface area contributed by atoms with E-state index < -0.39 is 0 Å². The second kappa shape index (κ2) is 9.54. The van der Waals surface area contributed by atoms with Crippen molar-refractivity contribution < 1.29 is 4.79 Å². The summed E-state index contributed by atoms with van der Waals surface area (Å²) in [7, 11) is 0. The van der Waals surface area contributed by atoms with E-state index in [-0.39, 0.29) is 11.7 Å². The van der Waals surface area contributed by atoms with E-state index in [1.807, 2.05) is 34.9 Å². The quantitative estimate of drug-likeness (QED) is 0.341. The highest BCUT2D eigenvalue weighted by atomic mass is 79.9. The van der Waals surface area contributed by atoms with E-state index in [0.29, 0.717) is 11.7 Å². The molecular formula is C20H21BrN4OS2. The normalized spacial score (nSPS) is 10.8. The summed E-state index contributed by atoms with van der Waals surface area (Å²) in [5, 5.41) is 14.5. The number of anilines is 1. The summed E-state index contributed by atoms with van der Waals surface area (Å²) in [5.41, 5.74) is 3.18. The van der Waals surface area contributed by atoms with Gasteiger partial charge in [-0.1, -0.05) is 40.7 Å². The molecule has 2 aromatic heterocycles. The highest BCUT2D eigenvalue weighted by molar-refractivity contribution is 9.10. The van der Waals surface area contributed by atoms with Gasteiger partial charge in [0, 0.05) is 32.5 Å². The second-order valence-corrected chi connectivity index (χ2v) is 9.03. The lowest BCUT2D eigenvalue weighted by molar-refractivity contribution is -0.113. The smallest absolute Gasteiger partial charge is 0.234 e. The lowest BCUT2D eigenvalue weighted by Gasteiger charge is -2.09. The number of nitrogens with one attached hydrogen (secondary N) is 1. The average Bonchev–Trinajstić information content (AvgIpc) is 3.25. The molecule has 8 heteroatoms. The number of halogens is 1. The summed E-state index contributed by atoms with van der Waals surface area (Å²) in [6.07, 6.45) is 2.77. The maximum Gasteiger partial charge on any atom is 0.234 e. The number of hydrogen-bond donors (Lipinski definition) is 1. The molecule has 0 unspecified atom stereocenters. The van der Waals surface area contributed by atoms with E-state index in [1.165, 1.54) is 22.2 Å². The molecular weight excluding hydrogens is 456 g/mol. The lowest BCUT2D eigenvalue weighted by atomic mass is 10.1. The van der Waals surface area contributed by atoms with Crippen molar-refractivity contribution in [2.45, 2.75) is 32.0 Å². The third-order valence-corrected chi connectivity index (χ3v) is 6.64. The predicted molar refractivity (Wildman–Crippen MR) is 121 cm³/mol. The molecule has 0 spiro atoms. The van der Waals surface area contributed by atoms with Crippen LogP contribution in [0.3, 0.4) is 0 Å². The Morgan fingerprint density at radius 3 is 2.79 bits per heavy atom. The van der Waals surface area contributed by atoms with E-state index in [9.17, 15) is 4.79 Å². The van der Waals surface area contributed by atoms with Crippen LogP contribution in [0.15, 0.2) is 51.9 Å². The van der Waals surface area contributed by atoms with Crippen LogP contribution in [-0.4, -0.2) is 26.4 Å². The number of aromatic nitrogens is 3. The minimum atomic E-state index is -0.0809. The van der Waals surface area contributed by atoms with E-state index in [4.69, 9.17) is 0 Å². The summed E-state index contributed by atoms with van der Waals surface area (Å²) in [5.74, 6) is 1.01. The summed E-state index contributed by atoms with van der Waals surface area (Å²) in [4.78, 5) is 13.6. The fraction of sp³-hybridized carbons (Fsp3) is 0.250. The number of carbonyl (C=O) groups is 1. The molecule has 0 radical (unpaired) electrons. The molecule has 0 saturated heterocycles. The van der Waals surface area contributed by atoms with Gasteiger partial charge in [0.15, 0.2) is 11.0 Å². The molecule has 0 atom stereocenters. The van der Waals surface area contributed by atoms with Gasteiger partial charge < -0.3 is 5.32 Å². The standard InChI is InChI=1S/C20H21BrN4OS2/c1-4-10-25-19(17-11-27-13(3)16(17)5-2)23-24-20(25)28-12-18(26)22-15-8-6-14(21)7-9-15/h4,6-9,11H,1,5,10,12H2,2-3H3,(H,22,26). The predicted octanol–water partition coefficient (Wildman–Crippen LogP) is 5.56. The number of thiophene rings is 1. The third-order valence-electron chi connectivity index (χ3n) is 4.19. The Balaban J connectivity index is 1.75. The van der Waals surface area contributed by atoms with Crippen LogP contribution in [0.5, 0.6) is 0 Å². The SMILES string of the molecule is C=CCn1c(SCC(=O)Nc2ccc(Br)cc2)nnc1-c1csc(C)c1CC. The van der Waals surface area contributed by atoms with Crippen molar-refractivity contribution in [1.29, 1.82) is 0 Å². The number of allylic oxidation sites excluding steroid dienone is 1. The zero-order chi connectivity index (χ0) is 20.1. The van der Waals surface area contributed by atoms with Crippen LogP contribution < -0.4 is 5.32 Å². The average molecular weight is 477 g/mol. The van der Waals surface area contributed by atoms with E-state index in [1.54, 1.807) is 11.3 Å². The number of aryl methyl sites for hydroxylation is 1. The molecule has 0 aliphatic carbocycles. The summed E-state index contributed by atoms with van der Waals surface area (Å²) in [6, 6.07) is 7.50. The van der Waals surface area contributed by atoms with Crippen molar-refractivity contribution in [1.82, 2.24) is 14.8 Å². The van der Waals surface area contributed by atoms with E-state index >= 15 is 0 Å². The molecule has 146 valence electrons. The van der Waals surface area contributed by atoms with Gasteiger partial charge in [-0.3, -0.25) is 9.36 Å². The van der Waals surface area contributed by atoms with Crippen LogP contribution in [0.25, 0.3) is 11.4 Å². The van der Waals surface area contributed by atoms with Gasteiger partial charge in [-0.15, -0.1) is 28.1 Å². The number of benzene rings is 1. The third kappa shape index (κ3) is 4.74. The molecule has 0 saturated carbocycles. The van der Waals surface area contributed by atoms with Crippen molar-refractivity contribution in [2.75, 3.05) is 11.1 Å². The highest BCUT2D eigenvalue weighted by Crippen LogP contribution is 2.32. The van der Waals surface area contributed by atoms with Crippen LogP contribution in [0, 0.1) is 6.92 Å². The van der Waals surface area contributed by atoms with Crippen molar-refractivity contribution in [2.24, 2.45) is 0 Å². The molecule has 1 N–H and O–H groups in total. The monoisotopic (exact) mass is 476 g/mol. The second-order valence-electron chi connectivity index (χ2n) is 6.09. The molecule has 0 aliphatic rings. The van der Waals surface area contributed by atoms with Gasteiger partial charge in [0.05, 0.1) is 5.75 Å². The first kappa shape index (κ1) is 20.8. The Morgan fingerprint density at radius 2 is 2.11 bits per heavy atom. The first-order valence-electron chi connectivity index (χ1n) is 8.83. The Kier molecular flexibility index (Phi) is 7.09. The fourth-order valence-electron chi connectivity index (χ4n) is 2.86. The Labute approximate surface area is 181 Å². The van der Waals surface area contributed by atoms with Gasteiger partial charge >= 0.3 is 0 Å². The fourth-order valence-corrected chi connectivity index (χ4v) is 4.81. The maximum absolute atomic E-state index is 12.3. The van der Waals surface area contributed by atoms with Crippen molar-refractivity contribution >= 4 is 50.6 Å². The van der Waals surface area contributed by atoms with Crippen LogP contribution in [-0.2, 0) is 17.8 Å². The first-order chi connectivity index (χ1) is 13.5. The number of nitrogens with zero attached hydrogens (tertiary/aromatic N) is 3. The van der Waals surface area contributed by atoms with Gasteiger partial charge in [-0.25, -0.2) is 0 Å². The molecule has 0 aliphatic heterocycles. The summed E-state index contributed by atoms with van der Waals surface area (Å²) in [6.45, 7) is 8.72. The zero-order valence-corrected chi connectivity index (χ0v) is 19.0. The number of thioether (sulfide) groups is 1. The van der Waals surface area contributed by atoms with Gasteiger partial charge in [-0.05, 0) is 43.2 Å². The minimum absolute atomic E-state index is 0.0809. The van der Waals surface area contributed by atoms with E-state index in [0.717, 1.165) is 28.0 Å². The minimum Gasteiger partial charge on any atom is -0.325 e. The van der Waals surface area contributed by atoms with E-state index in [2.05, 4.69) is 57.3 Å². The van der Waals surface area contributed by atoms with Crippen molar-refractivity contribution in [3.8, 4) is 11.4 Å². The molecule has 1 amide bonds. The molecule has 0 fully saturated rings.